The molecule has 0 bridgehead atoms. The lowest BCUT2D eigenvalue weighted by Crippen LogP contribution is -2.29. The second kappa shape index (κ2) is 26.4. The molecule has 0 saturated carbocycles. The molecule has 0 unspecified atom stereocenters. The molecule has 540 valence electrons. The summed E-state index contributed by atoms with van der Waals surface area (Å²) in [5.41, 5.74) is 54.0. The smallest absolute Gasteiger partial charge is 0.339 e. The lowest BCUT2D eigenvalue weighted by Gasteiger charge is -2.32. The van der Waals surface area contributed by atoms with E-state index in [1.165, 1.54) is 27.7 Å². The van der Waals surface area contributed by atoms with Gasteiger partial charge in [-0.2, -0.15) is 33.7 Å². The van der Waals surface area contributed by atoms with Gasteiger partial charge in [-0.3, -0.25) is 38.4 Å². The Labute approximate surface area is 605 Å². The lowest BCUT2D eigenvalue weighted by molar-refractivity contribution is -0.112. The van der Waals surface area contributed by atoms with Gasteiger partial charge >= 0.3 is 40.5 Å². The van der Waals surface area contributed by atoms with Crippen LogP contribution in [0.15, 0.2) is 180 Å². The highest BCUT2D eigenvalue weighted by molar-refractivity contribution is 7.88. The minimum Gasteiger partial charge on any atom is -0.375 e. The molecule has 0 aliphatic heterocycles. The van der Waals surface area contributed by atoms with Crippen LogP contribution < -0.4 is 16.7 Å². The molecule has 0 fully saturated rings. The topological polar surface area (TPSA) is 700 Å². The van der Waals surface area contributed by atoms with E-state index in [9.17, 15) is 82.6 Å². The number of ketones is 8. The van der Waals surface area contributed by atoms with Crippen molar-refractivity contribution in [2.75, 3.05) is 0 Å². The number of nitrogens with zero attached hydrogens (tertiary/aromatic N) is 24. The van der Waals surface area contributed by atoms with Gasteiger partial charge in [-0.1, -0.05) is 129 Å². The predicted octanol–water partition coefficient (Wildman–Crippen LogP) is 12.6. The predicted molar refractivity (Wildman–Crippen MR) is 364 cm³/mol. The minimum absolute atomic E-state index is 0.109. The summed E-state index contributed by atoms with van der Waals surface area (Å²) in [6.07, 6.45) is -1.07. The SMILES string of the molecule is CC1(C)CC2(CC(C)(C)c3ccc(OS(=O)(=O)c4cccc5c4C(N=[N+]=[N-])=C(N=[N+]=[N-])C(=O)C5=O)c(OS(=O)(=O)c4cccc5c4C(N=[N+]=[N-])=C(N=[N+]=[N-])C(=O)C5=O)c32)c2c1ccc(OS(=O)(=O)c1cccc3c1C(N=[N+]=[N-])=C(N=[N+]=[N-])C(=O)C3=O)c2OS(=O)(=O)c1cccc2c1C(N=[N+]=[N-])=C(N=[N+]=[N-])C(=O)C2=O. The van der Waals surface area contributed by atoms with Crippen molar-refractivity contribution >= 4 is 110 Å². The number of carbonyl (C=O) groups is 8. The maximum absolute atomic E-state index is 16.0. The minimum atomic E-state index is -6.04. The summed E-state index contributed by atoms with van der Waals surface area (Å²) >= 11 is 0. The zero-order chi connectivity index (χ0) is 79.2. The van der Waals surface area contributed by atoms with E-state index in [0.717, 1.165) is 84.9 Å². The molecule has 6 aromatic carbocycles. The summed E-state index contributed by atoms with van der Waals surface area (Å²) in [6.45, 7) is 5.99. The van der Waals surface area contributed by atoms with E-state index in [1.807, 2.05) is 0 Å². The van der Waals surface area contributed by atoms with Gasteiger partial charge in [0.15, 0.2) is 23.0 Å². The second-order valence-electron chi connectivity index (χ2n) is 24.6. The Hall–Kier alpha value is -14.9. The molecule has 0 N–H and O–H groups in total. The largest absolute Gasteiger partial charge is 0.375 e. The van der Waals surface area contributed by atoms with Crippen molar-refractivity contribution in [2.24, 2.45) is 40.9 Å². The van der Waals surface area contributed by atoms with Crippen molar-refractivity contribution in [2.45, 2.75) is 76.4 Å². The Morgan fingerprint density at radius 1 is 0.303 bits per heavy atom. The number of carbonyl (C=O) groups excluding carboxylic acids is 8. The molecule has 0 radical (unpaired) electrons. The van der Waals surface area contributed by atoms with Crippen LogP contribution in [-0.4, -0.2) is 79.9 Å². The van der Waals surface area contributed by atoms with Crippen molar-refractivity contribution in [3.05, 3.63) is 270 Å². The van der Waals surface area contributed by atoms with Crippen molar-refractivity contribution in [1.82, 2.24) is 0 Å². The quantitative estimate of drug-likeness (QED) is 0.0225. The average molecular weight is 1550 g/mol. The number of benzene rings is 6. The van der Waals surface area contributed by atoms with Gasteiger partial charge in [0.1, 0.15) is 19.6 Å². The van der Waals surface area contributed by atoms with Crippen LogP contribution in [0.5, 0.6) is 23.0 Å². The van der Waals surface area contributed by atoms with Crippen LogP contribution in [0.4, 0.5) is 0 Å². The molecule has 6 aromatic rings. The molecule has 0 atom stereocenters. The first kappa shape index (κ1) is 73.9. The molecule has 0 amide bonds. The summed E-state index contributed by atoms with van der Waals surface area (Å²) in [7, 11) is -23.9. The van der Waals surface area contributed by atoms with Gasteiger partial charge in [0, 0.05) is 100 Å². The number of fused-ring (bicyclic) bond motifs is 8. The van der Waals surface area contributed by atoms with Gasteiger partial charge in [0.05, 0.1) is 45.6 Å². The zero-order valence-electron chi connectivity index (χ0n) is 54.7. The Morgan fingerprint density at radius 2 is 0.523 bits per heavy atom. The highest BCUT2D eigenvalue weighted by atomic mass is 32.2. The molecule has 1 spiro atoms. The Bertz CT molecular complexity index is 6210. The second-order valence-corrected chi connectivity index (χ2v) is 30.7. The Morgan fingerprint density at radius 3 is 0.752 bits per heavy atom. The first-order valence-electron chi connectivity index (χ1n) is 30.0. The van der Waals surface area contributed by atoms with E-state index in [0.29, 0.717) is 12.1 Å². The molecule has 0 heterocycles. The standard InChI is InChI=1S/C61H32N24O20S4/c1-59(2)21-61(39-27(59)17-19-29(102-106(94,95)31-13-5-9-23-35(31)41(70-78-62)45(74-82-66)53(90)49(23)86)57(39)104-108(98,99)33-15-7-11-25-37(33)43(72-80-64)47(76-84-68)55(92)51(25)88)22-60(3,4)28-18-20-30(103-107(96,97)32-14-6-10-24-36(32)42(71-79-63)46(75-83-67)54(91)50(24)87)58(40(28)61)105-109(100,101)34-16-8-12-26-38(34)44(73-81-65)48(77-85-69)56(93)52(26)89/h5-20H,21-22H2,1-4H3. The highest BCUT2D eigenvalue weighted by Gasteiger charge is 2.61. The summed E-state index contributed by atoms with van der Waals surface area (Å²) in [5.74, 6) is -17.6. The van der Waals surface area contributed by atoms with E-state index in [4.69, 9.17) is 16.7 Å². The Kier molecular flexibility index (Phi) is 17.9. The third-order valence-electron chi connectivity index (χ3n) is 17.8. The van der Waals surface area contributed by atoms with Gasteiger partial charge in [-0.15, -0.1) is 0 Å². The summed E-state index contributed by atoms with van der Waals surface area (Å²) < 4.78 is 150. The van der Waals surface area contributed by atoms with Crippen LogP contribution in [0.2, 0.25) is 0 Å². The van der Waals surface area contributed by atoms with Crippen LogP contribution in [0.3, 0.4) is 0 Å². The van der Waals surface area contributed by atoms with Gasteiger partial charge in [-0.05, 0) is 115 Å². The van der Waals surface area contributed by atoms with E-state index in [2.05, 4.69) is 80.2 Å². The Balaban J connectivity index is 1.21. The molecule has 12 rings (SSSR count). The lowest BCUT2D eigenvalue weighted by atomic mass is 9.72. The summed E-state index contributed by atoms with van der Waals surface area (Å²) in [4.78, 5) is 125. The number of Topliss-reactive ketones (excluding diaryl/α,β-unsaturated/α-hetero) is 8. The third kappa shape index (κ3) is 11.5. The number of hydrogen-bond donors (Lipinski definition) is 0. The normalized spacial score (nSPS) is 17.2. The highest BCUT2D eigenvalue weighted by Crippen LogP contribution is 2.69. The van der Waals surface area contributed by atoms with Crippen LogP contribution in [0.25, 0.3) is 106 Å². The van der Waals surface area contributed by atoms with Crippen LogP contribution in [0, 0.1) is 0 Å². The zero-order valence-corrected chi connectivity index (χ0v) is 57.9. The van der Waals surface area contributed by atoms with Crippen molar-refractivity contribution in [3.63, 3.8) is 0 Å². The van der Waals surface area contributed by atoms with E-state index in [-0.39, 0.29) is 11.1 Å². The monoisotopic (exact) mass is 1550 g/mol. The van der Waals surface area contributed by atoms with Crippen molar-refractivity contribution in [3.8, 4) is 23.0 Å². The van der Waals surface area contributed by atoms with Crippen LogP contribution in [-0.2, 0) is 75.9 Å². The summed E-state index contributed by atoms with van der Waals surface area (Å²) in [6, 6.07) is 13.8. The molecule has 0 saturated heterocycles. The van der Waals surface area contributed by atoms with E-state index < -0.39 is 260 Å². The maximum Gasteiger partial charge on any atom is 0.339 e. The molecule has 48 heteroatoms. The summed E-state index contributed by atoms with van der Waals surface area (Å²) in [5, 5.41) is 26.3. The number of rotatable bonds is 20. The molecular formula is C61H32N24O20S4. The fourth-order valence-corrected chi connectivity index (χ4v) is 18.7. The molecule has 0 aromatic heterocycles. The number of azide groups is 8. The van der Waals surface area contributed by atoms with Gasteiger partial charge in [0.2, 0.25) is 46.3 Å². The molecule has 44 nitrogen and oxygen atoms in total. The molecule has 6 aliphatic carbocycles. The molecule has 109 heavy (non-hydrogen) atoms. The first-order chi connectivity index (χ1) is 51.5. The maximum atomic E-state index is 16.0. The fourth-order valence-electron chi connectivity index (χ4n) is 14.0. The van der Waals surface area contributed by atoms with Gasteiger partial charge in [0.25, 0.3) is 0 Å². The van der Waals surface area contributed by atoms with Gasteiger partial charge in [-0.25, -0.2) is 0 Å². The van der Waals surface area contributed by atoms with Crippen molar-refractivity contribution < 1.29 is 88.8 Å². The first-order valence-corrected chi connectivity index (χ1v) is 35.6. The van der Waals surface area contributed by atoms with Crippen LogP contribution >= 0.6 is 0 Å². The van der Waals surface area contributed by atoms with E-state index >= 15 is 33.7 Å². The number of hydrogen-bond acceptors (Lipinski definition) is 28. The number of allylic oxidation sites excluding steroid dienone is 4. The molecular weight excluding hydrogens is 1520 g/mol. The third-order valence-corrected chi connectivity index (χ3v) is 22.9. The fraction of sp³-hybridized carbons (Fsp3) is 0.148. The average Bonchev–Trinajstić information content (AvgIpc) is 1.51. The van der Waals surface area contributed by atoms with Crippen molar-refractivity contribution in [1.29, 1.82) is 0 Å². The van der Waals surface area contributed by atoms with Gasteiger partial charge < -0.3 is 16.7 Å². The molecule has 6 aliphatic rings. The van der Waals surface area contributed by atoms with E-state index in [1.54, 1.807) is 0 Å². The van der Waals surface area contributed by atoms with Crippen LogP contribution in [0.1, 0.15) is 126 Å².